The first kappa shape index (κ1) is 14.4. The Morgan fingerprint density at radius 2 is 1.76 bits per heavy atom. The highest BCUT2D eigenvalue weighted by Gasteiger charge is 2.08. The van der Waals surface area contributed by atoms with E-state index in [-0.39, 0.29) is 0 Å². The van der Waals surface area contributed by atoms with E-state index in [1.165, 1.54) is 0 Å². The Morgan fingerprint density at radius 1 is 1.05 bits per heavy atom. The van der Waals surface area contributed by atoms with E-state index < -0.39 is 0 Å². The van der Waals surface area contributed by atoms with Crippen molar-refractivity contribution in [3.63, 3.8) is 0 Å². The molecule has 3 rings (SSSR count). The van der Waals surface area contributed by atoms with Crippen molar-refractivity contribution in [1.29, 1.82) is 0 Å². The van der Waals surface area contributed by atoms with Gasteiger partial charge in [0.25, 0.3) is 0 Å². The maximum absolute atomic E-state index is 5.92. The van der Waals surface area contributed by atoms with E-state index in [4.69, 9.17) is 11.6 Å². The Bertz CT molecular complexity index is 750. The number of pyridine rings is 1. The first-order valence-corrected chi connectivity index (χ1v) is 8.08. The molecule has 0 saturated carbocycles. The molecule has 5 heteroatoms. The third kappa shape index (κ3) is 3.39. The minimum Gasteiger partial charge on any atom is -0.285 e. The van der Waals surface area contributed by atoms with Crippen LogP contribution in [-0.4, -0.2) is 14.6 Å². The summed E-state index contributed by atoms with van der Waals surface area (Å²) in [6.07, 6.45) is 3.03. The predicted molar refractivity (Wildman–Crippen MR) is 87.1 cm³/mol. The Labute approximate surface area is 133 Å². The number of hydrogen-bond acceptors (Lipinski definition) is 3. The van der Waals surface area contributed by atoms with Crippen molar-refractivity contribution in [1.82, 2.24) is 14.6 Å². The van der Waals surface area contributed by atoms with Gasteiger partial charge in [-0.15, -0.1) is 10.2 Å². The first-order chi connectivity index (χ1) is 10.1. The summed E-state index contributed by atoms with van der Waals surface area (Å²) >= 11 is 7.62. The van der Waals surface area contributed by atoms with Gasteiger partial charge in [-0.3, -0.25) is 4.40 Å². The molecule has 0 bridgehead atoms. The molecule has 0 N–H and O–H groups in total. The molecule has 0 spiro atoms. The summed E-state index contributed by atoms with van der Waals surface area (Å²) < 4.78 is 2.08. The number of rotatable bonds is 4. The normalized spacial score (nSPS) is 11.4. The van der Waals surface area contributed by atoms with Crippen LogP contribution in [0.1, 0.15) is 19.7 Å². The summed E-state index contributed by atoms with van der Waals surface area (Å²) in [5.74, 6) is 1.57. The van der Waals surface area contributed by atoms with Crippen molar-refractivity contribution < 1.29 is 0 Å². The van der Waals surface area contributed by atoms with Crippen LogP contribution in [0.3, 0.4) is 0 Å². The molecule has 0 unspecified atom stereocenters. The fraction of sp³-hybridized carbons (Fsp3) is 0.250. The van der Waals surface area contributed by atoms with Crippen LogP contribution in [0.25, 0.3) is 5.65 Å². The first-order valence-electron chi connectivity index (χ1n) is 6.89. The molecule has 21 heavy (non-hydrogen) atoms. The second-order valence-corrected chi connectivity index (χ2v) is 6.95. The van der Waals surface area contributed by atoms with Gasteiger partial charge in [-0.05, 0) is 42.3 Å². The largest absolute Gasteiger partial charge is 0.285 e. The molecule has 0 amide bonds. The second-order valence-electron chi connectivity index (χ2n) is 5.36. The summed E-state index contributed by atoms with van der Waals surface area (Å²) in [6, 6.07) is 11.9. The minimum absolute atomic E-state index is 0.560. The standard InChI is InChI=1S/C16H16ClN3S/c1-11(2)9-16-19-18-15-8-7-14(10-20(15)16)21-13-5-3-12(17)4-6-13/h3-8,10-11H,9H2,1-2H3. The van der Waals surface area contributed by atoms with E-state index >= 15 is 0 Å². The van der Waals surface area contributed by atoms with Gasteiger partial charge in [-0.25, -0.2) is 0 Å². The highest BCUT2D eigenvalue weighted by Crippen LogP contribution is 2.29. The van der Waals surface area contributed by atoms with Crippen LogP contribution < -0.4 is 0 Å². The van der Waals surface area contributed by atoms with Crippen molar-refractivity contribution in [2.24, 2.45) is 5.92 Å². The van der Waals surface area contributed by atoms with Gasteiger partial charge >= 0.3 is 0 Å². The fourth-order valence-corrected chi connectivity index (χ4v) is 3.09. The number of nitrogens with zero attached hydrogens (tertiary/aromatic N) is 3. The van der Waals surface area contributed by atoms with Crippen molar-refractivity contribution >= 4 is 29.0 Å². The molecule has 3 aromatic rings. The Balaban J connectivity index is 1.90. The van der Waals surface area contributed by atoms with Crippen molar-refractivity contribution in [2.45, 2.75) is 30.1 Å². The molecule has 1 aromatic carbocycles. The molecule has 0 aliphatic rings. The van der Waals surface area contributed by atoms with Gasteiger partial charge in [0.15, 0.2) is 5.65 Å². The van der Waals surface area contributed by atoms with Crippen LogP contribution in [0.5, 0.6) is 0 Å². The molecule has 0 aliphatic heterocycles. The van der Waals surface area contributed by atoms with Crippen LogP contribution in [0.15, 0.2) is 52.4 Å². The quantitative estimate of drug-likeness (QED) is 0.696. The van der Waals surface area contributed by atoms with Crippen molar-refractivity contribution in [3.8, 4) is 0 Å². The minimum atomic E-state index is 0.560. The average molecular weight is 318 g/mol. The topological polar surface area (TPSA) is 30.2 Å². The average Bonchev–Trinajstić information content (AvgIpc) is 2.83. The molecule has 0 radical (unpaired) electrons. The highest BCUT2D eigenvalue weighted by molar-refractivity contribution is 7.99. The van der Waals surface area contributed by atoms with Gasteiger partial charge in [0.1, 0.15) is 5.82 Å². The Kier molecular flexibility index (Phi) is 4.17. The lowest BCUT2D eigenvalue weighted by atomic mass is 10.1. The summed E-state index contributed by atoms with van der Waals surface area (Å²) in [7, 11) is 0. The molecule has 3 nitrogen and oxygen atoms in total. The van der Waals surface area contributed by atoms with Gasteiger partial charge in [0.05, 0.1) is 0 Å². The zero-order valence-electron chi connectivity index (χ0n) is 12.0. The number of fused-ring (bicyclic) bond motifs is 1. The SMILES string of the molecule is CC(C)Cc1nnc2ccc(Sc3ccc(Cl)cc3)cn12. The molecule has 2 aromatic heterocycles. The lowest BCUT2D eigenvalue weighted by Gasteiger charge is -2.05. The molecule has 108 valence electrons. The van der Waals surface area contributed by atoms with Crippen LogP contribution in [0, 0.1) is 5.92 Å². The van der Waals surface area contributed by atoms with Gasteiger partial charge in [-0.1, -0.05) is 37.2 Å². The monoisotopic (exact) mass is 317 g/mol. The van der Waals surface area contributed by atoms with E-state index in [9.17, 15) is 0 Å². The number of benzene rings is 1. The molecule has 0 saturated heterocycles. The lowest BCUT2D eigenvalue weighted by molar-refractivity contribution is 0.615. The summed E-state index contributed by atoms with van der Waals surface area (Å²) in [5.41, 5.74) is 0.895. The molecule has 2 heterocycles. The van der Waals surface area contributed by atoms with Crippen LogP contribution in [0.4, 0.5) is 0 Å². The summed E-state index contributed by atoms with van der Waals surface area (Å²) in [6.45, 7) is 4.38. The Hall–Kier alpha value is -1.52. The smallest absolute Gasteiger partial charge is 0.160 e. The molecule has 0 fully saturated rings. The fourth-order valence-electron chi connectivity index (χ4n) is 2.12. The van der Waals surface area contributed by atoms with Crippen LogP contribution in [-0.2, 0) is 6.42 Å². The predicted octanol–water partition coefficient (Wildman–Crippen LogP) is 4.73. The Morgan fingerprint density at radius 3 is 2.48 bits per heavy atom. The zero-order valence-corrected chi connectivity index (χ0v) is 13.5. The van der Waals surface area contributed by atoms with Gasteiger partial charge in [0, 0.05) is 27.4 Å². The lowest BCUT2D eigenvalue weighted by Crippen LogP contribution is -2.00. The summed E-state index contributed by atoms with van der Waals surface area (Å²) in [4.78, 5) is 2.33. The van der Waals surface area contributed by atoms with Crippen molar-refractivity contribution in [2.75, 3.05) is 0 Å². The molecular weight excluding hydrogens is 302 g/mol. The van der Waals surface area contributed by atoms with Crippen LogP contribution >= 0.6 is 23.4 Å². The van der Waals surface area contributed by atoms with Crippen LogP contribution in [0.2, 0.25) is 5.02 Å². The zero-order chi connectivity index (χ0) is 14.8. The van der Waals surface area contributed by atoms with E-state index in [2.05, 4.69) is 40.7 Å². The molecular formula is C16H16ClN3S. The van der Waals surface area contributed by atoms with Gasteiger partial charge in [0.2, 0.25) is 0 Å². The van der Waals surface area contributed by atoms with Crippen molar-refractivity contribution in [3.05, 3.63) is 53.4 Å². The van der Waals surface area contributed by atoms with E-state index in [1.54, 1.807) is 11.8 Å². The number of aromatic nitrogens is 3. The third-order valence-electron chi connectivity index (χ3n) is 3.09. The highest BCUT2D eigenvalue weighted by atomic mass is 35.5. The third-order valence-corrected chi connectivity index (χ3v) is 4.32. The number of halogens is 1. The maximum atomic E-state index is 5.92. The van der Waals surface area contributed by atoms with E-state index in [1.807, 2.05) is 30.3 Å². The van der Waals surface area contributed by atoms with Gasteiger partial charge < -0.3 is 0 Å². The second kappa shape index (κ2) is 6.08. The number of hydrogen-bond donors (Lipinski definition) is 0. The summed E-state index contributed by atoms with van der Waals surface area (Å²) in [5, 5.41) is 9.26. The van der Waals surface area contributed by atoms with E-state index in [0.717, 1.165) is 32.7 Å². The molecule has 0 aliphatic carbocycles. The maximum Gasteiger partial charge on any atom is 0.160 e. The molecule has 0 atom stereocenters. The van der Waals surface area contributed by atoms with E-state index in [0.29, 0.717) is 5.92 Å². The van der Waals surface area contributed by atoms with Gasteiger partial charge in [-0.2, -0.15) is 0 Å².